The second-order valence-corrected chi connectivity index (χ2v) is 7.61. The molecule has 0 saturated carbocycles. The first-order valence-electron chi connectivity index (χ1n) is 10.9. The topological polar surface area (TPSA) is 34.1 Å². The molecule has 0 aliphatic heterocycles. The standard InChI is InChI=1S/C28H36O2/c1-4-27-21-11-16-25(3)14-6-9-18-26(19-12-22-29)17-8-5-13-24(2)15-7-10-20-28(27)23-30/h5-11,13-16,20,22-23,26H,4,12,17-19,21H2,1-3H3/b8-5+,9-6+,15-7+,16-11+,20-10+,24-13+,25-14-,28-27+. The molecule has 0 aromatic carbocycles. The minimum Gasteiger partial charge on any atom is -0.303 e. The predicted octanol–water partition coefficient (Wildman–Crippen LogP) is 7.34. The first-order chi connectivity index (χ1) is 14.6. The lowest BCUT2D eigenvalue weighted by Crippen LogP contribution is -1.98. The summed E-state index contributed by atoms with van der Waals surface area (Å²) in [6.07, 6.45) is 31.8. The van der Waals surface area contributed by atoms with Crippen LogP contribution in [0.25, 0.3) is 0 Å². The Morgan fingerprint density at radius 1 is 0.867 bits per heavy atom. The fourth-order valence-electron chi connectivity index (χ4n) is 3.19. The van der Waals surface area contributed by atoms with Gasteiger partial charge in [0.1, 0.15) is 12.6 Å². The highest BCUT2D eigenvalue weighted by molar-refractivity contribution is 5.79. The van der Waals surface area contributed by atoms with Gasteiger partial charge in [-0.05, 0) is 51.9 Å². The van der Waals surface area contributed by atoms with Crippen LogP contribution in [0.4, 0.5) is 0 Å². The number of carbonyl (C=O) groups is 2. The van der Waals surface area contributed by atoms with Gasteiger partial charge in [-0.3, -0.25) is 4.79 Å². The molecule has 1 atom stereocenters. The summed E-state index contributed by atoms with van der Waals surface area (Å²) in [5.41, 5.74) is 4.21. The Labute approximate surface area is 182 Å². The number of rotatable bonds is 5. The van der Waals surface area contributed by atoms with Crippen molar-refractivity contribution in [1.29, 1.82) is 0 Å². The zero-order valence-electron chi connectivity index (χ0n) is 18.7. The molecule has 0 radical (unpaired) electrons. The summed E-state index contributed by atoms with van der Waals surface area (Å²) in [6.45, 7) is 6.22. The van der Waals surface area contributed by atoms with Gasteiger partial charge in [-0.15, -0.1) is 0 Å². The Morgan fingerprint density at radius 2 is 1.50 bits per heavy atom. The molecule has 2 nitrogen and oxygen atoms in total. The minimum absolute atomic E-state index is 0.476. The minimum atomic E-state index is 0.476. The highest BCUT2D eigenvalue weighted by Gasteiger charge is 2.04. The molecular weight excluding hydrogens is 368 g/mol. The van der Waals surface area contributed by atoms with Crippen molar-refractivity contribution < 1.29 is 9.59 Å². The summed E-state index contributed by atoms with van der Waals surface area (Å²) in [5, 5.41) is 0. The predicted molar refractivity (Wildman–Crippen MR) is 129 cm³/mol. The van der Waals surface area contributed by atoms with E-state index < -0.39 is 0 Å². The molecule has 1 rings (SSSR count). The van der Waals surface area contributed by atoms with Crippen LogP contribution in [0.15, 0.2) is 95.2 Å². The molecule has 0 saturated heterocycles. The number of hydrogen-bond acceptors (Lipinski definition) is 2. The summed E-state index contributed by atoms with van der Waals surface area (Å²) in [4.78, 5) is 22.3. The van der Waals surface area contributed by atoms with Gasteiger partial charge < -0.3 is 4.79 Å². The second kappa shape index (κ2) is 16.1. The molecule has 1 aliphatic rings. The van der Waals surface area contributed by atoms with E-state index in [1.54, 1.807) is 0 Å². The van der Waals surface area contributed by atoms with Crippen molar-refractivity contribution in [3.63, 3.8) is 0 Å². The van der Waals surface area contributed by atoms with Crippen LogP contribution in [0.2, 0.25) is 0 Å². The first kappa shape index (κ1) is 25.3. The molecule has 2 heteroatoms. The number of hydrogen-bond donors (Lipinski definition) is 0. The second-order valence-electron chi connectivity index (χ2n) is 7.61. The van der Waals surface area contributed by atoms with Crippen molar-refractivity contribution in [3.8, 4) is 0 Å². The van der Waals surface area contributed by atoms with Gasteiger partial charge in [0.2, 0.25) is 0 Å². The number of carbonyl (C=O) groups excluding carboxylic acids is 2. The Bertz CT molecular complexity index is 779. The summed E-state index contributed by atoms with van der Waals surface area (Å²) in [7, 11) is 0. The fraction of sp³-hybridized carbons (Fsp3) is 0.357. The average molecular weight is 405 g/mol. The maximum Gasteiger partial charge on any atom is 0.150 e. The van der Waals surface area contributed by atoms with Crippen molar-refractivity contribution in [2.75, 3.05) is 0 Å². The lowest BCUT2D eigenvalue weighted by atomic mass is 9.95. The number of aldehydes is 2. The van der Waals surface area contributed by atoms with Crippen LogP contribution in [0.3, 0.4) is 0 Å². The van der Waals surface area contributed by atoms with Gasteiger partial charge in [0.05, 0.1) is 0 Å². The molecule has 1 aliphatic carbocycles. The van der Waals surface area contributed by atoms with E-state index in [0.29, 0.717) is 12.3 Å². The van der Waals surface area contributed by atoms with Gasteiger partial charge in [0.25, 0.3) is 0 Å². The molecule has 160 valence electrons. The Kier molecular flexibility index (Phi) is 13.6. The van der Waals surface area contributed by atoms with Crippen LogP contribution < -0.4 is 0 Å². The van der Waals surface area contributed by atoms with E-state index in [-0.39, 0.29) is 0 Å². The Morgan fingerprint density at radius 3 is 2.10 bits per heavy atom. The Hall–Kier alpha value is -2.74. The van der Waals surface area contributed by atoms with E-state index in [2.05, 4.69) is 69.4 Å². The highest BCUT2D eigenvalue weighted by atomic mass is 16.1. The lowest BCUT2D eigenvalue weighted by molar-refractivity contribution is -0.108. The molecule has 0 bridgehead atoms. The van der Waals surface area contributed by atoms with E-state index >= 15 is 0 Å². The average Bonchev–Trinajstić information content (AvgIpc) is 2.74. The molecule has 0 heterocycles. The molecule has 0 aromatic heterocycles. The van der Waals surface area contributed by atoms with Gasteiger partial charge in [-0.25, -0.2) is 0 Å². The molecule has 0 amide bonds. The maximum atomic E-state index is 11.5. The Balaban J connectivity index is 3.11. The highest BCUT2D eigenvalue weighted by Crippen LogP contribution is 2.18. The molecular formula is C28H36O2. The van der Waals surface area contributed by atoms with Crippen LogP contribution in [0, 0.1) is 5.92 Å². The lowest BCUT2D eigenvalue weighted by Gasteiger charge is -2.10. The third-order valence-corrected chi connectivity index (χ3v) is 5.07. The molecule has 30 heavy (non-hydrogen) atoms. The molecule has 0 spiro atoms. The van der Waals surface area contributed by atoms with Crippen LogP contribution in [0.5, 0.6) is 0 Å². The van der Waals surface area contributed by atoms with Crippen LogP contribution in [0.1, 0.15) is 59.3 Å². The molecule has 1 unspecified atom stereocenters. The molecule has 0 N–H and O–H groups in total. The van der Waals surface area contributed by atoms with E-state index in [1.165, 1.54) is 5.57 Å². The van der Waals surface area contributed by atoms with Crippen molar-refractivity contribution in [2.24, 2.45) is 5.92 Å². The molecule has 0 fully saturated rings. The zero-order chi connectivity index (χ0) is 22.0. The summed E-state index contributed by atoms with van der Waals surface area (Å²) >= 11 is 0. The fourth-order valence-corrected chi connectivity index (χ4v) is 3.19. The van der Waals surface area contributed by atoms with Crippen LogP contribution in [-0.2, 0) is 9.59 Å². The van der Waals surface area contributed by atoms with E-state index in [1.807, 2.05) is 24.3 Å². The van der Waals surface area contributed by atoms with Gasteiger partial charge in [0.15, 0.2) is 0 Å². The van der Waals surface area contributed by atoms with Crippen molar-refractivity contribution in [1.82, 2.24) is 0 Å². The third kappa shape index (κ3) is 11.3. The quantitative estimate of drug-likeness (QED) is 0.449. The van der Waals surface area contributed by atoms with Gasteiger partial charge in [-0.2, -0.15) is 0 Å². The smallest absolute Gasteiger partial charge is 0.150 e. The first-order valence-corrected chi connectivity index (χ1v) is 10.9. The van der Waals surface area contributed by atoms with E-state index in [4.69, 9.17) is 0 Å². The SMILES string of the molecule is CC/C1=C(C=O)/C=C/C=C/C(C)=C/C=C/CC(CCC=O)C/C=C/C=C(C)\C=C\C1. The van der Waals surface area contributed by atoms with Gasteiger partial charge >= 0.3 is 0 Å². The number of allylic oxidation sites excluding steroid dienone is 16. The van der Waals surface area contributed by atoms with Crippen LogP contribution in [-0.4, -0.2) is 12.6 Å². The summed E-state index contributed by atoms with van der Waals surface area (Å²) < 4.78 is 0. The summed E-state index contributed by atoms with van der Waals surface area (Å²) in [6, 6.07) is 0. The third-order valence-electron chi connectivity index (χ3n) is 5.07. The molecule has 0 aromatic rings. The van der Waals surface area contributed by atoms with Gasteiger partial charge in [-0.1, -0.05) is 96.6 Å². The van der Waals surface area contributed by atoms with E-state index in [0.717, 1.165) is 61.4 Å². The van der Waals surface area contributed by atoms with E-state index in [9.17, 15) is 9.59 Å². The maximum absolute atomic E-state index is 11.5. The van der Waals surface area contributed by atoms with Crippen molar-refractivity contribution in [3.05, 3.63) is 95.2 Å². The largest absolute Gasteiger partial charge is 0.303 e. The van der Waals surface area contributed by atoms with Crippen molar-refractivity contribution in [2.45, 2.75) is 59.3 Å². The summed E-state index contributed by atoms with van der Waals surface area (Å²) in [5.74, 6) is 0.476. The van der Waals surface area contributed by atoms with Crippen molar-refractivity contribution >= 4 is 12.6 Å². The zero-order valence-corrected chi connectivity index (χ0v) is 18.7. The monoisotopic (exact) mass is 404 g/mol. The van der Waals surface area contributed by atoms with Gasteiger partial charge in [0, 0.05) is 12.0 Å². The normalized spacial score (nSPS) is 30.6. The van der Waals surface area contributed by atoms with Crippen LogP contribution >= 0.6 is 0 Å².